The molecule has 18 heavy (non-hydrogen) atoms. The van der Waals surface area contributed by atoms with Crippen molar-refractivity contribution in [2.45, 2.75) is 26.7 Å². The summed E-state index contributed by atoms with van der Waals surface area (Å²) in [5.41, 5.74) is 0.853. The number of rotatable bonds is 5. The van der Waals surface area contributed by atoms with Gasteiger partial charge in [-0.05, 0) is 30.5 Å². The quantitative estimate of drug-likeness (QED) is 0.800. The van der Waals surface area contributed by atoms with Crippen molar-refractivity contribution in [1.82, 2.24) is 4.90 Å². The van der Waals surface area contributed by atoms with Crippen molar-refractivity contribution in [2.24, 2.45) is 5.92 Å². The Morgan fingerprint density at radius 1 is 1.33 bits per heavy atom. The van der Waals surface area contributed by atoms with Gasteiger partial charge in [-0.15, -0.1) is 0 Å². The van der Waals surface area contributed by atoms with Crippen LogP contribution in [-0.4, -0.2) is 24.4 Å². The van der Waals surface area contributed by atoms with Crippen LogP contribution in [0.2, 0.25) is 10.0 Å². The molecule has 1 aromatic rings. The number of carbonyl (C=O) groups is 1. The lowest BCUT2D eigenvalue weighted by Gasteiger charge is -2.21. The lowest BCUT2D eigenvalue weighted by molar-refractivity contribution is -0.133. The minimum Gasteiger partial charge on any atom is -0.346 e. The highest BCUT2D eigenvalue weighted by Crippen LogP contribution is 2.27. The molecule has 0 aliphatic carbocycles. The van der Waals surface area contributed by atoms with E-state index in [9.17, 15) is 4.79 Å². The van der Waals surface area contributed by atoms with Gasteiger partial charge in [-0.25, -0.2) is 0 Å². The highest BCUT2D eigenvalue weighted by atomic mass is 35.5. The van der Waals surface area contributed by atoms with Crippen LogP contribution in [0.4, 0.5) is 0 Å². The number of halogens is 2. The van der Waals surface area contributed by atoms with Gasteiger partial charge < -0.3 is 4.90 Å². The molecule has 0 radical (unpaired) electrons. The van der Waals surface area contributed by atoms with Gasteiger partial charge in [0.1, 0.15) is 0 Å². The molecular formula is C14H19Cl2NO. The fourth-order valence-corrected chi connectivity index (χ4v) is 2.49. The second-order valence-electron chi connectivity index (χ2n) is 4.57. The molecule has 2 nitrogen and oxygen atoms in total. The third kappa shape index (κ3) is 3.89. The number of benzene rings is 1. The van der Waals surface area contributed by atoms with E-state index in [1.807, 2.05) is 20.0 Å². The molecule has 0 saturated carbocycles. The molecular weight excluding hydrogens is 269 g/mol. The molecule has 1 amide bonds. The van der Waals surface area contributed by atoms with Crippen LogP contribution in [0.1, 0.15) is 25.8 Å². The molecule has 0 spiro atoms. The second-order valence-corrected chi connectivity index (χ2v) is 5.38. The summed E-state index contributed by atoms with van der Waals surface area (Å²) in [6.07, 6.45) is 1.53. The van der Waals surface area contributed by atoms with E-state index in [2.05, 4.69) is 6.92 Å². The SMILES string of the molecule is CCCN(C)C(=O)C(C)Cc1c(Cl)cccc1Cl. The van der Waals surface area contributed by atoms with E-state index in [1.165, 1.54) is 0 Å². The smallest absolute Gasteiger partial charge is 0.225 e. The lowest BCUT2D eigenvalue weighted by Crippen LogP contribution is -2.33. The Balaban J connectivity index is 2.75. The molecule has 0 aromatic heterocycles. The Hall–Kier alpha value is -0.730. The van der Waals surface area contributed by atoms with Gasteiger partial charge in [0.2, 0.25) is 5.91 Å². The zero-order valence-electron chi connectivity index (χ0n) is 11.0. The van der Waals surface area contributed by atoms with Crippen molar-refractivity contribution in [1.29, 1.82) is 0 Å². The minimum absolute atomic E-state index is 0.112. The molecule has 0 saturated heterocycles. The highest BCUT2D eigenvalue weighted by molar-refractivity contribution is 6.36. The number of amides is 1. The first-order chi connectivity index (χ1) is 8.47. The standard InChI is InChI=1S/C14H19Cl2NO/c1-4-8-17(3)14(18)10(2)9-11-12(15)6-5-7-13(11)16/h5-7,10H,4,8-9H2,1-3H3. The molecule has 100 valence electrons. The monoisotopic (exact) mass is 287 g/mol. The molecule has 0 aliphatic heterocycles. The maximum Gasteiger partial charge on any atom is 0.225 e. The predicted octanol–water partition coefficient (Wildman–Crippen LogP) is 4.04. The second kappa shape index (κ2) is 7.01. The van der Waals surface area contributed by atoms with Crippen LogP contribution >= 0.6 is 23.2 Å². The Kier molecular flexibility index (Phi) is 5.97. The summed E-state index contributed by atoms with van der Waals surface area (Å²) < 4.78 is 0. The molecule has 4 heteroatoms. The fourth-order valence-electron chi connectivity index (χ4n) is 1.94. The van der Waals surface area contributed by atoms with E-state index in [0.717, 1.165) is 18.5 Å². The molecule has 0 bridgehead atoms. The first-order valence-electron chi connectivity index (χ1n) is 6.15. The van der Waals surface area contributed by atoms with Crippen molar-refractivity contribution in [3.05, 3.63) is 33.8 Å². The molecule has 1 aromatic carbocycles. The topological polar surface area (TPSA) is 20.3 Å². The van der Waals surface area contributed by atoms with Crippen LogP contribution in [0.5, 0.6) is 0 Å². The van der Waals surface area contributed by atoms with Crippen molar-refractivity contribution < 1.29 is 4.79 Å². The van der Waals surface area contributed by atoms with Gasteiger partial charge in [0.05, 0.1) is 0 Å². The van der Waals surface area contributed by atoms with E-state index < -0.39 is 0 Å². The van der Waals surface area contributed by atoms with Gasteiger partial charge in [0, 0.05) is 29.6 Å². The Morgan fingerprint density at radius 3 is 2.39 bits per heavy atom. The highest BCUT2D eigenvalue weighted by Gasteiger charge is 2.19. The number of carbonyl (C=O) groups excluding carboxylic acids is 1. The van der Waals surface area contributed by atoms with Crippen molar-refractivity contribution >= 4 is 29.1 Å². The molecule has 0 aliphatic rings. The van der Waals surface area contributed by atoms with Crippen LogP contribution in [0.3, 0.4) is 0 Å². The Bertz CT molecular complexity index is 400. The summed E-state index contributed by atoms with van der Waals surface area (Å²) in [6.45, 7) is 4.74. The number of nitrogens with zero attached hydrogens (tertiary/aromatic N) is 1. The number of hydrogen-bond acceptors (Lipinski definition) is 1. The Labute approximate surface area is 119 Å². The fraction of sp³-hybridized carbons (Fsp3) is 0.500. The largest absolute Gasteiger partial charge is 0.346 e. The van der Waals surface area contributed by atoms with Crippen LogP contribution in [0.15, 0.2) is 18.2 Å². The zero-order valence-corrected chi connectivity index (χ0v) is 12.6. The Morgan fingerprint density at radius 2 is 1.89 bits per heavy atom. The van der Waals surface area contributed by atoms with Crippen molar-refractivity contribution in [2.75, 3.05) is 13.6 Å². The van der Waals surface area contributed by atoms with Crippen LogP contribution in [-0.2, 0) is 11.2 Å². The number of hydrogen-bond donors (Lipinski definition) is 0. The summed E-state index contributed by atoms with van der Waals surface area (Å²) in [6, 6.07) is 5.41. The van der Waals surface area contributed by atoms with E-state index >= 15 is 0 Å². The van der Waals surface area contributed by atoms with Crippen molar-refractivity contribution in [3.8, 4) is 0 Å². The summed E-state index contributed by atoms with van der Waals surface area (Å²) in [5.74, 6) is 0.0202. The third-order valence-electron chi connectivity index (χ3n) is 2.93. The maximum absolute atomic E-state index is 12.1. The summed E-state index contributed by atoms with van der Waals surface area (Å²) in [5, 5.41) is 1.25. The summed E-state index contributed by atoms with van der Waals surface area (Å²) >= 11 is 12.2. The lowest BCUT2D eigenvalue weighted by atomic mass is 9.99. The van der Waals surface area contributed by atoms with Crippen molar-refractivity contribution in [3.63, 3.8) is 0 Å². The molecule has 1 rings (SSSR count). The first kappa shape index (κ1) is 15.3. The van der Waals surface area contributed by atoms with Gasteiger partial charge in [0.15, 0.2) is 0 Å². The molecule has 1 unspecified atom stereocenters. The van der Waals surface area contributed by atoms with Gasteiger partial charge in [-0.1, -0.05) is 43.1 Å². The summed E-state index contributed by atoms with van der Waals surface area (Å²) in [7, 11) is 1.83. The first-order valence-corrected chi connectivity index (χ1v) is 6.90. The van der Waals surface area contributed by atoms with Gasteiger partial charge in [-0.2, -0.15) is 0 Å². The average molecular weight is 288 g/mol. The van der Waals surface area contributed by atoms with E-state index in [-0.39, 0.29) is 11.8 Å². The molecule has 1 atom stereocenters. The van der Waals surface area contributed by atoms with Gasteiger partial charge in [-0.3, -0.25) is 4.79 Å². The third-order valence-corrected chi connectivity index (χ3v) is 3.64. The van der Waals surface area contributed by atoms with E-state index in [1.54, 1.807) is 17.0 Å². The average Bonchev–Trinajstić information content (AvgIpc) is 2.33. The van der Waals surface area contributed by atoms with E-state index in [4.69, 9.17) is 23.2 Å². The van der Waals surface area contributed by atoms with Crippen LogP contribution < -0.4 is 0 Å². The van der Waals surface area contributed by atoms with E-state index in [0.29, 0.717) is 16.5 Å². The normalized spacial score (nSPS) is 12.3. The maximum atomic E-state index is 12.1. The molecule has 0 N–H and O–H groups in total. The molecule has 0 fully saturated rings. The summed E-state index contributed by atoms with van der Waals surface area (Å²) in [4.78, 5) is 13.9. The van der Waals surface area contributed by atoms with Crippen LogP contribution in [0.25, 0.3) is 0 Å². The predicted molar refractivity (Wildman–Crippen MR) is 77.3 cm³/mol. The zero-order chi connectivity index (χ0) is 13.7. The molecule has 0 heterocycles. The van der Waals surface area contributed by atoms with Gasteiger partial charge in [0.25, 0.3) is 0 Å². The van der Waals surface area contributed by atoms with Gasteiger partial charge >= 0.3 is 0 Å². The van der Waals surface area contributed by atoms with Crippen LogP contribution in [0, 0.1) is 5.92 Å². The minimum atomic E-state index is -0.112.